The Bertz CT molecular complexity index is 323. The summed E-state index contributed by atoms with van der Waals surface area (Å²) in [5.74, 6) is 0.273. The van der Waals surface area contributed by atoms with Gasteiger partial charge in [0, 0.05) is 19.6 Å². The lowest BCUT2D eigenvalue weighted by atomic mass is 10.2. The fourth-order valence-electron chi connectivity index (χ4n) is 1.60. The highest BCUT2D eigenvalue weighted by molar-refractivity contribution is 5.91. The molecule has 2 rings (SSSR count). The van der Waals surface area contributed by atoms with Gasteiger partial charge in [-0.05, 0) is 12.1 Å². The number of ether oxygens (including phenoxy) is 1. The zero-order chi connectivity index (χ0) is 10.7. The minimum Gasteiger partial charge on any atom is -0.459 e. The molecule has 15 heavy (non-hydrogen) atoms. The fourth-order valence-corrected chi connectivity index (χ4v) is 1.60. The van der Waals surface area contributed by atoms with Crippen LogP contribution in [-0.4, -0.2) is 43.2 Å². The molecular formula is C10H14N2O3. The van der Waals surface area contributed by atoms with Gasteiger partial charge in [-0.1, -0.05) is 0 Å². The Kier molecular flexibility index (Phi) is 3.03. The van der Waals surface area contributed by atoms with Crippen molar-refractivity contribution in [3.05, 3.63) is 24.2 Å². The molecule has 1 atom stereocenters. The van der Waals surface area contributed by atoms with Crippen LogP contribution >= 0.6 is 0 Å². The summed E-state index contributed by atoms with van der Waals surface area (Å²) in [6.07, 6.45) is 1.44. The molecule has 1 aromatic rings. The quantitative estimate of drug-likeness (QED) is 0.750. The van der Waals surface area contributed by atoms with Gasteiger partial charge in [-0.25, -0.2) is 0 Å². The number of carbonyl (C=O) groups is 1. The molecule has 0 spiro atoms. The number of hydrogen-bond acceptors (Lipinski definition) is 4. The van der Waals surface area contributed by atoms with E-state index in [1.165, 1.54) is 6.26 Å². The Balaban J connectivity index is 2.01. The molecule has 1 fully saturated rings. The lowest BCUT2D eigenvalue weighted by molar-refractivity contribution is -0.0177. The predicted octanol–water partition coefficient (Wildman–Crippen LogP) is 0.0793. The number of morpholine rings is 1. The van der Waals surface area contributed by atoms with Crippen LogP contribution in [0, 0.1) is 0 Å². The molecule has 1 aromatic heterocycles. The number of furan rings is 1. The van der Waals surface area contributed by atoms with Gasteiger partial charge in [0.2, 0.25) is 0 Å². The van der Waals surface area contributed by atoms with Gasteiger partial charge < -0.3 is 19.8 Å². The van der Waals surface area contributed by atoms with E-state index in [1.807, 2.05) is 0 Å². The zero-order valence-corrected chi connectivity index (χ0v) is 8.39. The summed E-state index contributed by atoms with van der Waals surface area (Å²) in [6, 6.07) is 3.36. The molecule has 0 radical (unpaired) electrons. The summed E-state index contributed by atoms with van der Waals surface area (Å²) in [4.78, 5) is 13.6. The molecule has 1 aliphatic heterocycles. The normalized spacial score (nSPS) is 21.7. The Morgan fingerprint density at radius 3 is 3.20 bits per heavy atom. The van der Waals surface area contributed by atoms with Crippen LogP contribution in [0.2, 0.25) is 0 Å². The van der Waals surface area contributed by atoms with Gasteiger partial charge in [0.15, 0.2) is 5.76 Å². The summed E-state index contributed by atoms with van der Waals surface area (Å²) in [5.41, 5.74) is 5.50. The Hall–Kier alpha value is -1.33. The number of amides is 1. The van der Waals surface area contributed by atoms with E-state index in [4.69, 9.17) is 14.9 Å². The van der Waals surface area contributed by atoms with Crippen molar-refractivity contribution in [2.75, 3.05) is 26.2 Å². The minimum absolute atomic E-state index is 0.0577. The molecule has 5 nitrogen and oxygen atoms in total. The van der Waals surface area contributed by atoms with Crippen LogP contribution in [-0.2, 0) is 4.74 Å². The van der Waals surface area contributed by atoms with E-state index in [-0.39, 0.29) is 12.0 Å². The maximum atomic E-state index is 11.9. The van der Waals surface area contributed by atoms with Crippen LogP contribution in [0.25, 0.3) is 0 Å². The van der Waals surface area contributed by atoms with Crippen LogP contribution < -0.4 is 5.73 Å². The van der Waals surface area contributed by atoms with E-state index >= 15 is 0 Å². The smallest absolute Gasteiger partial charge is 0.289 e. The van der Waals surface area contributed by atoms with Crippen molar-refractivity contribution in [1.29, 1.82) is 0 Å². The Morgan fingerprint density at radius 1 is 1.67 bits per heavy atom. The van der Waals surface area contributed by atoms with Crippen LogP contribution in [0.3, 0.4) is 0 Å². The van der Waals surface area contributed by atoms with Crippen molar-refractivity contribution < 1.29 is 13.9 Å². The van der Waals surface area contributed by atoms with Gasteiger partial charge in [0.25, 0.3) is 5.91 Å². The monoisotopic (exact) mass is 210 g/mol. The van der Waals surface area contributed by atoms with Gasteiger partial charge in [-0.2, -0.15) is 0 Å². The van der Waals surface area contributed by atoms with E-state index in [0.29, 0.717) is 32.0 Å². The topological polar surface area (TPSA) is 68.7 Å². The molecule has 2 heterocycles. The van der Waals surface area contributed by atoms with Crippen molar-refractivity contribution in [3.8, 4) is 0 Å². The second kappa shape index (κ2) is 4.46. The average Bonchev–Trinajstić information content (AvgIpc) is 2.81. The van der Waals surface area contributed by atoms with E-state index in [2.05, 4.69) is 0 Å². The van der Waals surface area contributed by atoms with E-state index in [0.717, 1.165) is 0 Å². The Morgan fingerprint density at radius 2 is 2.53 bits per heavy atom. The third-order valence-electron chi connectivity index (χ3n) is 2.42. The average molecular weight is 210 g/mol. The molecule has 2 N–H and O–H groups in total. The molecular weight excluding hydrogens is 196 g/mol. The van der Waals surface area contributed by atoms with Gasteiger partial charge in [0.1, 0.15) is 0 Å². The van der Waals surface area contributed by atoms with Crippen LogP contribution in [0.4, 0.5) is 0 Å². The van der Waals surface area contributed by atoms with E-state index < -0.39 is 0 Å². The number of carbonyl (C=O) groups excluding carboxylic acids is 1. The first-order valence-corrected chi connectivity index (χ1v) is 4.95. The molecule has 1 aliphatic rings. The lowest BCUT2D eigenvalue weighted by Crippen LogP contribution is -2.48. The van der Waals surface area contributed by atoms with Crippen molar-refractivity contribution >= 4 is 5.91 Å². The molecule has 0 aliphatic carbocycles. The first-order chi connectivity index (χ1) is 7.31. The molecule has 1 unspecified atom stereocenters. The Labute approximate surface area is 87.8 Å². The van der Waals surface area contributed by atoms with Crippen LogP contribution in [0.5, 0.6) is 0 Å². The number of rotatable bonds is 2. The lowest BCUT2D eigenvalue weighted by Gasteiger charge is -2.31. The first-order valence-electron chi connectivity index (χ1n) is 4.95. The molecule has 0 aromatic carbocycles. The van der Waals surface area contributed by atoms with Crippen molar-refractivity contribution in [2.24, 2.45) is 5.73 Å². The van der Waals surface area contributed by atoms with E-state index in [9.17, 15) is 4.79 Å². The predicted molar refractivity (Wildman–Crippen MR) is 53.4 cm³/mol. The summed E-state index contributed by atoms with van der Waals surface area (Å²) in [5, 5.41) is 0. The highest BCUT2D eigenvalue weighted by Gasteiger charge is 2.25. The van der Waals surface area contributed by atoms with Crippen LogP contribution in [0.15, 0.2) is 22.8 Å². The molecule has 0 saturated carbocycles. The molecule has 0 bridgehead atoms. The maximum absolute atomic E-state index is 11.9. The largest absolute Gasteiger partial charge is 0.459 e. The van der Waals surface area contributed by atoms with Gasteiger partial charge >= 0.3 is 0 Å². The summed E-state index contributed by atoms with van der Waals surface area (Å²) >= 11 is 0. The third-order valence-corrected chi connectivity index (χ3v) is 2.42. The highest BCUT2D eigenvalue weighted by atomic mass is 16.5. The summed E-state index contributed by atoms with van der Waals surface area (Å²) in [6.45, 7) is 2.10. The van der Waals surface area contributed by atoms with Gasteiger partial charge in [0.05, 0.1) is 19.0 Å². The van der Waals surface area contributed by atoms with Crippen molar-refractivity contribution in [1.82, 2.24) is 4.90 Å². The molecule has 1 saturated heterocycles. The molecule has 82 valence electrons. The SMILES string of the molecule is NCC1CN(C(=O)c2ccco2)CCO1. The van der Waals surface area contributed by atoms with Crippen LogP contribution in [0.1, 0.15) is 10.6 Å². The standard InChI is InChI=1S/C10H14N2O3/c11-6-8-7-12(3-5-14-8)10(13)9-2-1-4-15-9/h1-2,4,8H,3,5-7,11H2. The van der Waals surface area contributed by atoms with Crippen molar-refractivity contribution in [3.63, 3.8) is 0 Å². The molecule has 5 heteroatoms. The second-order valence-electron chi connectivity index (χ2n) is 3.46. The van der Waals surface area contributed by atoms with Gasteiger partial charge in [-0.15, -0.1) is 0 Å². The number of nitrogens with two attached hydrogens (primary N) is 1. The zero-order valence-electron chi connectivity index (χ0n) is 8.39. The molecule has 1 amide bonds. The second-order valence-corrected chi connectivity index (χ2v) is 3.46. The number of nitrogens with zero attached hydrogens (tertiary/aromatic N) is 1. The van der Waals surface area contributed by atoms with Crippen molar-refractivity contribution in [2.45, 2.75) is 6.10 Å². The summed E-state index contributed by atoms with van der Waals surface area (Å²) < 4.78 is 10.4. The maximum Gasteiger partial charge on any atom is 0.289 e. The first kappa shape index (κ1) is 10.2. The highest BCUT2D eigenvalue weighted by Crippen LogP contribution is 2.10. The van der Waals surface area contributed by atoms with E-state index in [1.54, 1.807) is 17.0 Å². The summed E-state index contributed by atoms with van der Waals surface area (Å²) in [7, 11) is 0. The van der Waals surface area contributed by atoms with Gasteiger partial charge in [-0.3, -0.25) is 4.79 Å². The third kappa shape index (κ3) is 2.19. The fraction of sp³-hybridized carbons (Fsp3) is 0.500. The number of hydrogen-bond donors (Lipinski definition) is 1. The minimum atomic E-state index is -0.0956.